The summed E-state index contributed by atoms with van der Waals surface area (Å²) in [6.07, 6.45) is 0.325. The molecule has 6 heteroatoms. The summed E-state index contributed by atoms with van der Waals surface area (Å²) in [5.74, 6) is -0.00959. The van der Waals surface area contributed by atoms with Crippen molar-refractivity contribution in [3.05, 3.63) is 45.9 Å². The van der Waals surface area contributed by atoms with Gasteiger partial charge in [-0.25, -0.2) is 4.98 Å². The summed E-state index contributed by atoms with van der Waals surface area (Å²) in [5, 5.41) is 5.89. The molecule has 2 aromatic rings. The predicted octanol–water partition coefficient (Wildman–Crippen LogP) is 2.39. The summed E-state index contributed by atoms with van der Waals surface area (Å²) >= 11 is 1.57. The summed E-state index contributed by atoms with van der Waals surface area (Å²) in [5.41, 5.74) is 3.03. The normalized spacial score (nSPS) is 10.6. The lowest BCUT2D eigenvalue weighted by atomic mass is 10.1. The Kier molecular flexibility index (Phi) is 6.55. The highest BCUT2D eigenvalue weighted by molar-refractivity contribution is 7.09. The maximum absolute atomic E-state index is 12.1. The molecule has 0 aliphatic rings. The number of anilines is 1. The van der Waals surface area contributed by atoms with Gasteiger partial charge in [0.15, 0.2) is 0 Å². The van der Waals surface area contributed by atoms with Crippen molar-refractivity contribution in [3.8, 4) is 0 Å². The quantitative estimate of drug-likeness (QED) is 0.806. The molecule has 0 spiro atoms. The number of hydrogen-bond acceptors (Lipinski definition) is 5. The minimum absolute atomic E-state index is 0.00959. The van der Waals surface area contributed by atoms with E-state index in [0.717, 1.165) is 28.5 Å². The molecule has 0 aliphatic carbocycles. The van der Waals surface area contributed by atoms with Gasteiger partial charge >= 0.3 is 0 Å². The summed E-state index contributed by atoms with van der Waals surface area (Å²) < 4.78 is 5.12. The van der Waals surface area contributed by atoms with Crippen molar-refractivity contribution in [1.82, 2.24) is 10.3 Å². The van der Waals surface area contributed by atoms with Gasteiger partial charge in [-0.1, -0.05) is 18.2 Å². The average Bonchev–Trinajstić information content (AvgIpc) is 2.95. The average molecular weight is 333 g/mol. The number of likely N-dealkylation sites (N-methyl/N-ethyl adjacent to an activating group) is 1. The zero-order valence-corrected chi connectivity index (χ0v) is 14.7. The number of thiazole rings is 1. The molecule has 1 aromatic carbocycles. The number of carbonyl (C=O) groups excluding carboxylic acids is 1. The lowest BCUT2D eigenvalue weighted by Gasteiger charge is -2.22. The molecule has 0 bridgehead atoms. The molecule has 1 heterocycles. The molecule has 0 radical (unpaired) electrons. The Morgan fingerprint density at radius 2 is 2.17 bits per heavy atom. The predicted molar refractivity (Wildman–Crippen MR) is 94.0 cm³/mol. The van der Waals surface area contributed by atoms with Gasteiger partial charge in [-0.15, -0.1) is 11.3 Å². The van der Waals surface area contributed by atoms with Gasteiger partial charge in [0.05, 0.1) is 23.7 Å². The third-order valence-corrected chi connectivity index (χ3v) is 4.34. The SMILES string of the molecule is COCCN(C)c1ccccc1CNC(=O)Cc1csc(C)n1. The molecule has 124 valence electrons. The van der Waals surface area contributed by atoms with Crippen LogP contribution in [0.1, 0.15) is 16.3 Å². The highest BCUT2D eigenvalue weighted by Gasteiger charge is 2.10. The number of nitrogens with one attached hydrogen (secondary N) is 1. The van der Waals surface area contributed by atoms with Gasteiger partial charge < -0.3 is 15.0 Å². The molecule has 0 fully saturated rings. The molecule has 0 saturated carbocycles. The maximum atomic E-state index is 12.1. The number of methoxy groups -OCH3 is 1. The van der Waals surface area contributed by atoms with Gasteiger partial charge in [-0.3, -0.25) is 4.79 Å². The highest BCUT2D eigenvalue weighted by atomic mass is 32.1. The number of aromatic nitrogens is 1. The summed E-state index contributed by atoms with van der Waals surface area (Å²) in [6, 6.07) is 8.08. The minimum Gasteiger partial charge on any atom is -0.383 e. The van der Waals surface area contributed by atoms with E-state index in [1.165, 1.54) is 0 Å². The number of nitrogens with zero attached hydrogens (tertiary/aromatic N) is 2. The van der Waals surface area contributed by atoms with Gasteiger partial charge in [0.25, 0.3) is 0 Å². The Morgan fingerprint density at radius 1 is 1.39 bits per heavy atom. The fraction of sp³-hybridized carbons (Fsp3) is 0.412. The van der Waals surface area contributed by atoms with Crippen LogP contribution in [0.4, 0.5) is 5.69 Å². The molecular formula is C17H23N3O2S. The Balaban J connectivity index is 1.93. The molecular weight excluding hydrogens is 310 g/mol. The standard InChI is InChI=1S/C17H23N3O2S/c1-13-19-15(12-23-13)10-17(21)18-11-14-6-4-5-7-16(14)20(2)8-9-22-3/h4-7,12H,8-11H2,1-3H3,(H,18,21). The number of aryl methyl sites for hydroxylation is 1. The van der Waals surface area contributed by atoms with Crippen LogP contribution in [0.15, 0.2) is 29.6 Å². The number of hydrogen-bond donors (Lipinski definition) is 1. The molecule has 0 aliphatic heterocycles. The van der Waals surface area contributed by atoms with E-state index in [4.69, 9.17) is 4.74 Å². The van der Waals surface area contributed by atoms with E-state index in [1.54, 1.807) is 18.4 Å². The van der Waals surface area contributed by atoms with Gasteiger partial charge in [-0.2, -0.15) is 0 Å². The van der Waals surface area contributed by atoms with Crippen molar-refractivity contribution in [2.24, 2.45) is 0 Å². The van der Waals surface area contributed by atoms with Crippen LogP contribution in [0.25, 0.3) is 0 Å². The largest absolute Gasteiger partial charge is 0.383 e. The second kappa shape index (κ2) is 8.64. The zero-order chi connectivity index (χ0) is 16.7. The van der Waals surface area contributed by atoms with E-state index in [0.29, 0.717) is 19.6 Å². The van der Waals surface area contributed by atoms with Gasteiger partial charge in [0, 0.05) is 38.3 Å². The first-order chi connectivity index (χ1) is 11.1. The maximum Gasteiger partial charge on any atom is 0.226 e. The van der Waals surface area contributed by atoms with Crippen LogP contribution in [-0.2, 0) is 22.5 Å². The van der Waals surface area contributed by atoms with Gasteiger partial charge in [-0.05, 0) is 18.6 Å². The van der Waals surface area contributed by atoms with Gasteiger partial charge in [0.2, 0.25) is 5.91 Å². The minimum atomic E-state index is -0.00959. The monoisotopic (exact) mass is 333 g/mol. The molecule has 0 unspecified atom stereocenters. The fourth-order valence-corrected chi connectivity index (χ4v) is 2.90. The Hall–Kier alpha value is -1.92. The van der Waals surface area contributed by atoms with Crippen LogP contribution in [0, 0.1) is 6.92 Å². The van der Waals surface area contributed by atoms with E-state index in [2.05, 4.69) is 21.3 Å². The third-order valence-electron chi connectivity index (χ3n) is 3.52. The van der Waals surface area contributed by atoms with E-state index < -0.39 is 0 Å². The Labute approximate surface area is 141 Å². The van der Waals surface area contributed by atoms with E-state index >= 15 is 0 Å². The summed E-state index contributed by atoms with van der Waals surface area (Å²) in [4.78, 5) is 18.5. The van der Waals surface area contributed by atoms with E-state index in [-0.39, 0.29) is 5.91 Å². The van der Waals surface area contributed by atoms with Crippen molar-refractivity contribution in [2.75, 3.05) is 32.2 Å². The first kappa shape index (κ1) is 17.4. The van der Waals surface area contributed by atoms with Crippen molar-refractivity contribution >= 4 is 22.9 Å². The zero-order valence-electron chi connectivity index (χ0n) is 13.8. The molecule has 5 nitrogen and oxygen atoms in total. The highest BCUT2D eigenvalue weighted by Crippen LogP contribution is 2.19. The first-order valence-corrected chi connectivity index (χ1v) is 8.44. The Morgan fingerprint density at radius 3 is 2.87 bits per heavy atom. The number of ether oxygens (including phenoxy) is 1. The number of para-hydroxylation sites is 1. The molecule has 0 saturated heterocycles. The van der Waals surface area contributed by atoms with Crippen molar-refractivity contribution in [3.63, 3.8) is 0 Å². The molecule has 1 amide bonds. The number of rotatable bonds is 8. The van der Waals surface area contributed by atoms with Crippen LogP contribution < -0.4 is 10.2 Å². The summed E-state index contributed by atoms with van der Waals surface area (Å²) in [6.45, 7) is 3.92. The molecule has 0 atom stereocenters. The van der Waals surface area contributed by atoms with Crippen LogP contribution in [-0.4, -0.2) is 38.2 Å². The lowest BCUT2D eigenvalue weighted by molar-refractivity contribution is -0.120. The lowest BCUT2D eigenvalue weighted by Crippen LogP contribution is -2.27. The number of benzene rings is 1. The second-order valence-electron chi connectivity index (χ2n) is 5.35. The topological polar surface area (TPSA) is 54.5 Å². The molecule has 1 aromatic heterocycles. The van der Waals surface area contributed by atoms with E-state index in [1.807, 2.05) is 37.6 Å². The first-order valence-electron chi connectivity index (χ1n) is 7.56. The number of carbonyl (C=O) groups is 1. The molecule has 2 rings (SSSR count). The van der Waals surface area contributed by atoms with Crippen molar-refractivity contribution in [1.29, 1.82) is 0 Å². The molecule has 23 heavy (non-hydrogen) atoms. The third kappa shape index (κ3) is 5.33. The Bertz CT molecular complexity index is 642. The van der Waals surface area contributed by atoms with Gasteiger partial charge in [0.1, 0.15) is 0 Å². The van der Waals surface area contributed by atoms with Crippen molar-refractivity contribution in [2.45, 2.75) is 19.9 Å². The number of amides is 1. The second-order valence-corrected chi connectivity index (χ2v) is 6.42. The van der Waals surface area contributed by atoms with E-state index in [9.17, 15) is 4.79 Å². The van der Waals surface area contributed by atoms with Crippen LogP contribution >= 0.6 is 11.3 Å². The summed E-state index contributed by atoms with van der Waals surface area (Å²) in [7, 11) is 3.72. The van der Waals surface area contributed by atoms with Crippen LogP contribution in [0.3, 0.4) is 0 Å². The smallest absolute Gasteiger partial charge is 0.226 e. The molecule has 1 N–H and O–H groups in total. The van der Waals surface area contributed by atoms with Crippen molar-refractivity contribution < 1.29 is 9.53 Å². The fourth-order valence-electron chi connectivity index (χ4n) is 2.29. The van der Waals surface area contributed by atoms with Crippen LogP contribution in [0.2, 0.25) is 0 Å². The van der Waals surface area contributed by atoms with Crippen LogP contribution in [0.5, 0.6) is 0 Å².